The molecule has 0 saturated carbocycles. The van der Waals surface area contributed by atoms with E-state index in [2.05, 4.69) is 27.8 Å². The number of aromatic nitrogens is 2. The van der Waals surface area contributed by atoms with Crippen molar-refractivity contribution < 1.29 is 32.0 Å². The van der Waals surface area contributed by atoms with Gasteiger partial charge in [0.15, 0.2) is 0 Å². The number of carbonyl (C=O) groups is 3. The average molecular weight is 538 g/mol. The van der Waals surface area contributed by atoms with Gasteiger partial charge in [0.1, 0.15) is 19.4 Å². The molecule has 0 saturated heterocycles. The molecule has 0 unspecified atom stereocenters. The third-order valence-electron chi connectivity index (χ3n) is 4.77. The van der Waals surface area contributed by atoms with Crippen LogP contribution < -0.4 is 15.5 Å². The molecule has 0 atom stereocenters. The van der Waals surface area contributed by atoms with Crippen LogP contribution in [0.2, 0.25) is 0 Å². The van der Waals surface area contributed by atoms with E-state index in [0.717, 1.165) is 31.7 Å². The predicted octanol–water partition coefficient (Wildman–Crippen LogP) is 4.20. The second kappa shape index (κ2) is 21.1. The summed E-state index contributed by atoms with van der Waals surface area (Å²) in [6.45, 7) is 9.18. The van der Waals surface area contributed by atoms with Gasteiger partial charge >= 0.3 is 6.43 Å². The molecule has 1 heterocycles. The number of halogens is 3. The van der Waals surface area contributed by atoms with Crippen LogP contribution in [-0.4, -0.2) is 56.9 Å². The second-order valence-electron chi connectivity index (χ2n) is 7.42. The summed E-state index contributed by atoms with van der Waals surface area (Å²) in [5.41, 5.74) is 1.69. The fourth-order valence-corrected chi connectivity index (χ4v) is 2.92. The minimum Gasteiger partial charge on any atom is -0.415 e. The Morgan fingerprint density at radius 3 is 2.26 bits per heavy atom. The third-order valence-corrected chi connectivity index (χ3v) is 4.77. The summed E-state index contributed by atoms with van der Waals surface area (Å²) in [5, 5.41) is 12.5. The lowest BCUT2D eigenvalue weighted by atomic mass is 10.1. The molecule has 0 radical (unpaired) electrons. The standard InChI is InChI=1S/C17H14F3N3O.C7H16N2O.2CH2O/c1-23(13-5-3-2-4-6-13)10-12-8-7-11(9-14(12)18)16-21-22-17(24-16)15(19)20;1-2-3-4-8-5-6-9-7-10;2*1-2/h2-9,15H,10H2,1H3;7-8H,2-6H2,1H3,(H,9,10);2*1H2. The number of rotatable bonds is 12. The zero-order valence-electron chi connectivity index (χ0n) is 21.5. The highest BCUT2D eigenvalue weighted by Gasteiger charge is 2.18. The average Bonchev–Trinajstić information content (AvgIpc) is 3.46. The maximum atomic E-state index is 14.3. The summed E-state index contributed by atoms with van der Waals surface area (Å²) in [7, 11) is 1.86. The van der Waals surface area contributed by atoms with Gasteiger partial charge < -0.3 is 29.5 Å². The topological polar surface area (TPSA) is 117 Å². The smallest absolute Gasteiger partial charge is 0.314 e. The number of para-hydroxylation sites is 1. The van der Waals surface area contributed by atoms with E-state index in [1.807, 2.05) is 55.9 Å². The highest BCUT2D eigenvalue weighted by Crippen LogP contribution is 2.25. The van der Waals surface area contributed by atoms with Crippen molar-refractivity contribution in [1.82, 2.24) is 20.8 Å². The van der Waals surface area contributed by atoms with Crippen LogP contribution in [0.25, 0.3) is 11.5 Å². The monoisotopic (exact) mass is 537 g/mol. The van der Waals surface area contributed by atoms with Crippen LogP contribution in [0, 0.1) is 5.82 Å². The Kier molecular flexibility index (Phi) is 18.8. The molecule has 2 aromatic carbocycles. The minimum atomic E-state index is -2.85. The molecule has 38 heavy (non-hydrogen) atoms. The molecule has 0 aliphatic heterocycles. The second-order valence-corrected chi connectivity index (χ2v) is 7.42. The van der Waals surface area contributed by atoms with E-state index < -0.39 is 18.1 Å². The van der Waals surface area contributed by atoms with Crippen LogP contribution in [0.4, 0.5) is 18.9 Å². The van der Waals surface area contributed by atoms with Crippen molar-refractivity contribution in [2.45, 2.75) is 32.7 Å². The third kappa shape index (κ3) is 12.8. The molecule has 12 heteroatoms. The number of hydrogen-bond acceptors (Lipinski definition) is 8. The van der Waals surface area contributed by atoms with E-state index in [4.69, 9.17) is 14.0 Å². The first-order chi connectivity index (χ1) is 18.5. The van der Waals surface area contributed by atoms with Gasteiger partial charge in [-0.15, -0.1) is 10.2 Å². The molecular weight excluding hydrogens is 503 g/mol. The number of anilines is 1. The Labute approximate surface area is 220 Å². The highest BCUT2D eigenvalue weighted by molar-refractivity contribution is 5.54. The first-order valence-corrected chi connectivity index (χ1v) is 11.6. The number of benzene rings is 2. The van der Waals surface area contributed by atoms with Gasteiger partial charge in [0.05, 0.1) is 0 Å². The van der Waals surface area contributed by atoms with Crippen molar-refractivity contribution in [3.8, 4) is 11.5 Å². The van der Waals surface area contributed by atoms with Crippen molar-refractivity contribution in [2.24, 2.45) is 0 Å². The highest BCUT2D eigenvalue weighted by atomic mass is 19.3. The maximum absolute atomic E-state index is 14.3. The number of amides is 1. The van der Waals surface area contributed by atoms with Gasteiger partial charge in [0.25, 0.3) is 5.89 Å². The summed E-state index contributed by atoms with van der Waals surface area (Å²) in [6, 6.07) is 13.9. The van der Waals surface area contributed by atoms with Crippen molar-refractivity contribution in [3.05, 3.63) is 65.8 Å². The van der Waals surface area contributed by atoms with Gasteiger partial charge in [-0.2, -0.15) is 8.78 Å². The molecule has 0 fully saturated rings. The van der Waals surface area contributed by atoms with E-state index in [1.165, 1.54) is 18.9 Å². The molecular formula is C26H34F3N5O4. The van der Waals surface area contributed by atoms with E-state index >= 15 is 0 Å². The Balaban J connectivity index is 0.000000827. The van der Waals surface area contributed by atoms with Crippen molar-refractivity contribution in [2.75, 3.05) is 31.6 Å². The summed E-state index contributed by atoms with van der Waals surface area (Å²) in [4.78, 5) is 27.7. The van der Waals surface area contributed by atoms with Gasteiger partial charge in [-0.1, -0.05) is 37.6 Å². The Bertz CT molecular complexity index is 1020. The fourth-order valence-electron chi connectivity index (χ4n) is 2.92. The van der Waals surface area contributed by atoms with Gasteiger partial charge in [-0.05, 0) is 37.2 Å². The molecule has 9 nitrogen and oxygen atoms in total. The van der Waals surface area contributed by atoms with E-state index in [9.17, 15) is 18.0 Å². The molecule has 0 aliphatic carbocycles. The Morgan fingerprint density at radius 1 is 1.03 bits per heavy atom. The van der Waals surface area contributed by atoms with Gasteiger partial charge in [0, 0.05) is 43.5 Å². The summed E-state index contributed by atoms with van der Waals surface area (Å²) in [5.74, 6) is -1.38. The minimum absolute atomic E-state index is 0.132. The lowest BCUT2D eigenvalue weighted by molar-refractivity contribution is -0.109. The number of hydrogen-bond donors (Lipinski definition) is 2. The van der Waals surface area contributed by atoms with Gasteiger partial charge in [0.2, 0.25) is 12.3 Å². The first kappa shape index (κ1) is 33.9. The van der Waals surface area contributed by atoms with Crippen molar-refractivity contribution >= 4 is 25.7 Å². The molecule has 3 rings (SSSR count). The summed E-state index contributed by atoms with van der Waals surface area (Å²) >= 11 is 0. The number of nitrogens with zero attached hydrogens (tertiary/aromatic N) is 3. The fraction of sp³-hybridized carbons (Fsp3) is 0.346. The lowest BCUT2D eigenvalue weighted by Gasteiger charge is -2.19. The molecule has 3 aromatic rings. The van der Waals surface area contributed by atoms with Crippen LogP contribution >= 0.6 is 0 Å². The summed E-state index contributed by atoms with van der Waals surface area (Å²) in [6.07, 6.45) is 0.298. The zero-order chi connectivity index (χ0) is 28.8. The van der Waals surface area contributed by atoms with Gasteiger partial charge in [-0.3, -0.25) is 4.79 Å². The molecule has 1 amide bonds. The van der Waals surface area contributed by atoms with Gasteiger partial charge in [-0.25, -0.2) is 4.39 Å². The van der Waals surface area contributed by atoms with Crippen molar-refractivity contribution in [1.29, 1.82) is 0 Å². The van der Waals surface area contributed by atoms with Crippen LogP contribution in [0.1, 0.15) is 37.6 Å². The zero-order valence-corrected chi connectivity index (χ0v) is 21.5. The quantitative estimate of drug-likeness (QED) is 0.261. The van der Waals surface area contributed by atoms with Crippen LogP contribution in [0.15, 0.2) is 52.9 Å². The first-order valence-electron chi connectivity index (χ1n) is 11.6. The molecule has 0 aliphatic rings. The van der Waals surface area contributed by atoms with Crippen molar-refractivity contribution in [3.63, 3.8) is 0 Å². The normalized spacial score (nSPS) is 9.63. The van der Waals surface area contributed by atoms with Crippen LogP contribution in [-0.2, 0) is 20.9 Å². The van der Waals surface area contributed by atoms with E-state index in [1.54, 1.807) is 12.1 Å². The number of nitrogens with one attached hydrogen (secondary N) is 2. The predicted molar refractivity (Wildman–Crippen MR) is 139 cm³/mol. The number of carbonyl (C=O) groups excluding carboxylic acids is 3. The molecule has 2 N–H and O–H groups in total. The van der Waals surface area contributed by atoms with E-state index in [-0.39, 0.29) is 11.5 Å². The van der Waals surface area contributed by atoms with E-state index in [0.29, 0.717) is 12.1 Å². The van der Waals surface area contributed by atoms with Crippen LogP contribution in [0.5, 0.6) is 0 Å². The SMILES string of the molecule is C=O.C=O.CCCCNCCNC=O.CN(Cc1ccc(-c2nnc(C(F)F)o2)cc1F)c1ccccc1. The number of unbranched alkanes of at least 4 members (excludes halogenated alkanes) is 1. The summed E-state index contributed by atoms with van der Waals surface area (Å²) < 4.78 is 44.1. The molecule has 0 spiro atoms. The molecule has 1 aromatic heterocycles. The number of alkyl halides is 2. The Morgan fingerprint density at radius 2 is 1.71 bits per heavy atom. The largest absolute Gasteiger partial charge is 0.415 e. The van der Waals surface area contributed by atoms with Crippen LogP contribution in [0.3, 0.4) is 0 Å². The Hall–Kier alpha value is -4.06. The molecule has 208 valence electrons. The maximum Gasteiger partial charge on any atom is 0.314 e. The molecule has 0 bridgehead atoms. The lowest BCUT2D eigenvalue weighted by Crippen LogP contribution is -2.26.